The number of carbonyl (C=O) groups excluding carboxylic acids is 3. The standard InChI is InChI=1S/C22H22Cl2N4O3/c23-16-6-5-14(13-17(16)24)27-9-11-28(12-10-27)20(29)8-7-19-22(31)25-18-4-2-1-3-15(18)21(30)26-19/h1-6,13,19H,7-12H2,(H,25,31)(H,26,30)/t19-/m0/s1. The van der Waals surface area contributed by atoms with Gasteiger partial charge in [0.25, 0.3) is 5.91 Å². The van der Waals surface area contributed by atoms with Crippen molar-refractivity contribution in [2.45, 2.75) is 18.9 Å². The highest BCUT2D eigenvalue weighted by Gasteiger charge is 2.29. The van der Waals surface area contributed by atoms with E-state index in [0.29, 0.717) is 47.5 Å². The van der Waals surface area contributed by atoms with Crippen LogP contribution in [0.1, 0.15) is 23.2 Å². The molecule has 0 unspecified atom stereocenters. The Balaban J connectivity index is 1.30. The molecule has 2 heterocycles. The van der Waals surface area contributed by atoms with Gasteiger partial charge in [-0.25, -0.2) is 0 Å². The molecule has 0 spiro atoms. The number of hydrogen-bond acceptors (Lipinski definition) is 4. The number of nitrogens with zero attached hydrogens (tertiary/aromatic N) is 2. The molecule has 2 aromatic rings. The molecule has 2 aromatic carbocycles. The minimum atomic E-state index is -0.749. The molecule has 4 rings (SSSR count). The van der Waals surface area contributed by atoms with E-state index in [2.05, 4.69) is 15.5 Å². The molecule has 0 bridgehead atoms. The van der Waals surface area contributed by atoms with Gasteiger partial charge in [-0.05, 0) is 36.8 Å². The fourth-order valence-electron chi connectivity index (χ4n) is 3.84. The van der Waals surface area contributed by atoms with Crippen LogP contribution < -0.4 is 15.5 Å². The first-order valence-corrected chi connectivity index (χ1v) is 10.9. The van der Waals surface area contributed by atoms with Crippen LogP contribution in [-0.2, 0) is 9.59 Å². The molecule has 1 atom stereocenters. The molecule has 2 N–H and O–H groups in total. The number of rotatable bonds is 4. The van der Waals surface area contributed by atoms with E-state index in [0.717, 1.165) is 5.69 Å². The lowest BCUT2D eigenvalue weighted by Crippen LogP contribution is -2.49. The Labute approximate surface area is 190 Å². The highest BCUT2D eigenvalue weighted by molar-refractivity contribution is 6.42. The SMILES string of the molecule is O=C1N[C@@H](CCC(=O)N2CCN(c3ccc(Cl)c(Cl)c3)CC2)C(=O)Nc2ccccc21. The minimum absolute atomic E-state index is 0.0300. The third-order valence-corrected chi connectivity index (χ3v) is 6.34. The molecular formula is C22H22Cl2N4O3. The van der Waals surface area contributed by atoms with Crippen molar-refractivity contribution in [2.75, 3.05) is 36.4 Å². The first-order valence-electron chi connectivity index (χ1n) is 10.1. The van der Waals surface area contributed by atoms with Gasteiger partial charge in [0.1, 0.15) is 6.04 Å². The van der Waals surface area contributed by atoms with Gasteiger partial charge in [-0.2, -0.15) is 0 Å². The summed E-state index contributed by atoms with van der Waals surface area (Å²) in [4.78, 5) is 41.5. The Kier molecular flexibility index (Phi) is 6.34. The molecule has 31 heavy (non-hydrogen) atoms. The minimum Gasteiger partial charge on any atom is -0.368 e. The van der Waals surface area contributed by atoms with Crippen molar-refractivity contribution >= 4 is 52.3 Å². The second-order valence-electron chi connectivity index (χ2n) is 7.57. The lowest BCUT2D eigenvalue weighted by Gasteiger charge is -2.36. The maximum Gasteiger partial charge on any atom is 0.254 e. The lowest BCUT2D eigenvalue weighted by atomic mass is 10.1. The van der Waals surface area contributed by atoms with Crippen LogP contribution in [0.2, 0.25) is 10.0 Å². The summed E-state index contributed by atoms with van der Waals surface area (Å²) < 4.78 is 0. The Morgan fingerprint density at radius 3 is 2.48 bits per heavy atom. The van der Waals surface area contributed by atoms with Gasteiger partial charge in [0.2, 0.25) is 11.8 Å². The maximum atomic E-state index is 12.7. The summed E-state index contributed by atoms with van der Waals surface area (Å²) in [6.45, 7) is 2.51. The van der Waals surface area contributed by atoms with E-state index in [4.69, 9.17) is 23.2 Å². The number of fused-ring (bicyclic) bond motifs is 1. The van der Waals surface area contributed by atoms with Crippen molar-refractivity contribution in [3.63, 3.8) is 0 Å². The molecule has 0 aromatic heterocycles. The first kappa shape index (κ1) is 21.5. The number of nitrogens with one attached hydrogen (secondary N) is 2. The molecule has 1 fully saturated rings. The Bertz CT molecular complexity index is 1020. The zero-order valence-electron chi connectivity index (χ0n) is 16.7. The van der Waals surface area contributed by atoms with Crippen LogP contribution in [0.4, 0.5) is 11.4 Å². The van der Waals surface area contributed by atoms with Crippen LogP contribution in [-0.4, -0.2) is 54.8 Å². The van der Waals surface area contributed by atoms with Gasteiger partial charge in [0.05, 0.1) is 21.3 Å². The maximum absolute atomic E-state index is 12.7. The third kappa shape index (κ3) is 4.78. The molecule has 0 aliphatic carbocycles. The summed E-state index contributed by atoms with van der Waals surface area (Å²) >= 11 is 12.1. The topological polar surface area (TPSA) is 81.8 Å². The molecule has 1 saturated heterocycles. The fraction of sp³-hybridized carbons (Fsp3) is 0.318. The van der Waals surface area contributed by atoms with Crippen LogP contribution in [0.25, 0.3) is 0 Å². The van der Waals surface area contributed by atoms with Crippen LogP contribution in [0.3, 0.4) is 0 Å². The molecule has 162 valence electrons. The van der Waals surface area contributed by atoms with E-state index in [9.17, 15) is 14.4 Å². The van der Waals surface area contributed by atoms with Crippen molar-refractivity contribution in [3.8, 4) is 0 Å². The number of carbonyl (C=O) groups is 3. The zero-order valence-corrected chi connectivity index (χ0v) is 18.2. The average molecular weight is 461 g/mol. The van der Waals surface area contributed by atoms with Gasteiger partial charge in [-0.1, -0.05) is 35.3 Å². The monoisotopic (exact) mass is 460 g/mol. The summed E-state index contributed by atoms with van der Waals surface area (Å²) in [5.41, 5.74) is 1.87. The van der Waals surface area contributed by atoms with Crippen molar-refractivity contribution in [1.82, 2.24) is 10.2 Å². The van der Waals surface area contributed by atoms with E-state index in [-0.39, 0.29) is 30.6 Å². The van der Waals surface area contributed by atoms with Crippen molar-refractivity contribution in [2.24, 2.45) is 0 Å². The van der Waals surface area contributed by atoms with E-state index in [1.54, 1.807) is 35.2 Å². The smallest absolute Gasteiger partial charge is 0.254 e. The summed E-state index contributed by atoms with van der Waals surface area (Å²) in [7, 11) is 0. The van der Waals surface area contributed by atoms with Gasteiger partial charge in [-0.15, -0.1) is 0 Å². The lowest BCUT2D eigenvalue weighted by molar-refractivity contribution is -0.131. The van der Waals surface area contributed by atoms with Crippen molar-refractivity contribution in [3.05, 3.63) is 58.1 Å². The predicted molar refractivity (Wildman–Crippen MR) is 121 cm³/mol. The molecule has 7 nitrogen and oxygen atoms in total. The van der Waals surface area contributed by atoms with Gasteiger partial charge in [0, 0.05) is 38.3 Å². The number of halogens is 2. The van der Waals surface area contributed by atoms with E-state index < -0.39 is 6.04 Å². The molecular weight excluding hydrogens is 439 g/mol. The predicted octanol–water partition coefficient (Wildman–Crippen LogP) is 3.17. The summed E-state index contributed by atoms with van der Waals surface area (Å²) in [6.07, 6.45) is 0.429. The van der Waals surface area contributed by atoms with E-state index in [1.165, 1.54) is 0 Å². The average Bonchev–Trinajstić information content (AvgIpc) is 2.90. The number of amides is 3. The molecule has 0 radical (unpaired) electrons. The first-order chi connectivity index (χ1) is 14.9. The highest BCUT2D eigenvalue weighted by Crippen LogP contribution is 2.28. The second kappa shape index (κ2) is 9.16. The number of anilines is 2. The van der Waals surface area contributed by atoms with Crippen LogP contribution in [0, 0.1) is 0 Å². The Morgan fingerprint density at radius 1 is 1.00 bits per heavy atom. The van der Waals surface area contributed by atoms with Crippen molar-refractivity contribution < 1.29 is 14.4 Å². The molecule has 2 aliphatic rings. The van der Waals surface area contributed by atoms with Crippen molar-refractivity contribution in [1.29, 1.82) is 0 Å². The summed E-state index contributed by atoms with van der Waals surface area (Å²) in [6, 6.07) is 11.6. The van der Waals surface area contributed by atoms with Gasteiger partial charge in [-0.3, -0.25) is 14.4 Å². The summed E-state index contributed by atoms with van der Waals surface area (Å²) in [5.74, 6) is -0.658. The van der Waals surface area contributed by atoms with Gasteiger partial charge in [0.15, 0.2) is 0 Å². The molecule has 9 heteroatoms. The third-order valence-electron chi connectivity index (χ3n) is 5.60. The number of piperazine rings is 1. The number of hydrogen-bond donors (Lipinski definition) is 2. The molecule has 0 saturated carbocycles. The quantitative estimate of drug-likeness (QED) is 0.733. The second-order valence-corrected chi connectivity index (χ2v) is 8.38. The fourth-order valence-corrected chi connectivity index (χ4v) is 4.13. The molecule has 3 amide bonds. The van der Waals surface area contributed by atoms with E-state index in [1.807, 2.05) is 12.1 Å². The Morgan fingerprint density at radius 2 is 1.74 bits per heavy atom. The zero-order chi connectivity index (χ0) is 22.0. The van der Waals surface area contributed by atoms with Crippen LogP contribution >= 0.6 is 23.2 Å². The Hall–Kier alpha value is -2.77. The highest BCUT2D eigenvalue weighted by atomic mass is 35.5. The van der Waals surface area contributed by atoms with Crippen LogP contribution in [0.5, 0.6) is 0 Å². The van der Waals surface area contributed by atoms with Gasteiger partial charge < -0.3 is 20.4 Å². The van der Waals surface area contributed by atoms with E-state index >= 15 is 0 Å². The number of para-hydroxylation sites is 1. The number of benzene rings is 2. The normalized spacial score (nSPS) is 18.7. The van der Waals surface area contributed by atoms with Crippen LogP contribution in [0.15, 0.2) is 42.5 Å². The molecule has 2 aliphatic heterocycles. The van der Waals surface area contributed by atoms with Gasteiger partial charge >= 0.3 is 0 Å². The summed E-state index contributed by atoms with van der Waals surface area (Å²) in [5, 5.41) is 6.51. The largest absolute Gasteiger partial charge is 0.368 e.